The van der Waals surface area contributed by atoms with Crippen LogP contribution < -0.4 is 15.0 Å². The van der Waals surface area contributed by atoms with Crippen LogP contribution >= 0.6 is 0 Å². The fraction of sp³-hybridized carbons (Fsp3) is 0.333. The fourth-order valence-electron chi connectivity index (χ4n) is 3.14. The number of hydrogen-bond acceptors (Lipinski definition) is 3. The van der Waals surface area contributed by atoms with E-state index >= 15 is 0 Å². The van der Waals surface area contributed by atoms with E-state index in [9.17, 15) is 9.59 Å². The van der Waals surface area contributed by atoms with Gasteiger partial charge in [0.05, 0.1) is 18.2 Å². The van der Waals surface area contributed by atoms with Crippen LogP contribution in [-0.2, 0) is 9.59 Å². The Morgan fingerprint density at radius 2 is 1.96 bits per heavy atom. The van der Waals surface area contributed by atoms with E-state index in [0.717, 1.165) is 16.9 Å². The first-order valence-electron chi connectivity index (χ1n) is 8.90. The first-order chi connectivity index (χ1) is 12.5. The third-order valence-corrected chi connectivity index (χ3v) is 4.73. The molecule has 3 rings (SSSR count). The van der Waals surface area contributed by atoms with Crippen molar-refractivity contribution in [2.75, 3.05) is 23.4 Å². The van der Waals surface area contributed by atoms with Gasteiger partial charge >= 0.3 is 0 Å². The van der Waals surface area contributed by atoms with E-state index in [-0.39, 0.29) is 24.2 Å². The predicted molar refractivity (Wildman–Crippen MR) is 103 cm³/mol. The second-order valence-electron chi connectivity index (χ2n) is 6.59. The molecule has 1 heterocycles. The quantitative estimate of drug-likeness (QED) is 0.893. The molecule has 0 radical (unpaired) electrons. The van der Waals surface area contributed by atoms with Gasteiger partial charge in [0.25, 0.3) is 0 Å². The van der Waals surface area contributed by atoms with E-state index in [0.29, 0.717) is 18.9 Å². The number of anilines is 2. The van der Waals surface area contributed by atoms with Gasteiger partial charge in [0.2, 0.25) is 11.8 Å². The van der Waals surface area contributed by atoms with Gasteiger partial charge in [0.15, 0.2) is 0 Å². The van der Waals surface area contributed by atoms with E-state index in [4.69, 9.17) is 4.74 Å². The summed E-state index contributed by atoms with van der Waals surface area (Å²) in [7, 11) is 0. The maximum atomic E-state index is 12.6. The van der Waals surface area contributed by atoms with E-state index in [1.54, 1.807) is 4.90 Å². The highest BCUT2D eigenvalue weighted by molar-refractivity contribution is 6.04. The topological polar surface area (TPSA) is 58.6 Å². The minimum absolute atomic E-state index is 0.0580. The number of carbonyl (C=O) groups is 2. The number of benzene rings is 2. The molecule has 5 nitrogen and oxygen atoms in total. The Morgan fingerprint density at radius 3 is 2.69 bits per heavy atom. The lowest BCUT2D eigenvalue weighted by Crippen LogP contribution is -2.28. The summed E-state index contributed by atoms with van der Waals surface area (Å²) < 4.78 is 5.62. The number of nitrogens with zero attached hydrogens (tertiary/aromatic N) is 1. The van der Waals surface area contributed by atoms with Crippen LogP contribution in [0.5, 0.6) is 5.75 Å². The van der Waals surface area contributed by atoms with Crippen molar-refractivity contribution in [2.24, 2.45) is 5.92 Å². The van der Waals surface area contributed by atoms with Crippen LogP contribution in [0.3, 0.4) is 0 Å². The number of carbonyl (C=O) groups excluding carboxylic acids is 2. The SMILES string of the molecule is CCOc1ccccc1N1CC(C(=O)Nc2ccc(C)c(C)c2)CC1=O. The van der Waals surface area contributed by atoms with Crippen molar-refractivity contribution in [2.45, 2.75) is 27.2 Å². The van der Waals surface area contributed by atoms with Crippen LogP contribution in [0.4, 0.5) is 11.4 Å². The predicted octanol–water partition coefficient (Wildman–Crippen LogP) is 3.69. The minimum Gasteiger partial charge on any atom is -0.492 e. The number of nitrogens with one attached hydrogen (secondary N) is 1. The Morgan fingerprint density at radius 1 is 1.19 bits per heavy atom. The average Bonchev–Trinajstić information content (AvgIpc) is 3.01. The smallest absolute Gasteiger partial charge is 0.229 e. The van der Waals surface area contributed by atoms with Crippen LogP contribution in [0.2, 0.25) is 0 Å². The molecule has 1 unspecified atom stereocenters. The first-order valence-corrected chi connectivity index (χ1v) is 8.90. The molecule has 2 aromatic carbocycles. The second-order valence-corrected chi connectivity index (χ2v) is 6.59. The highest BCUT2D eigenvalue weighted by Gasteiger charge is 2.36. The Balaban J connectivity index is 1.73. The molecule has 1 saturated heterocycles. The standard InChI is InChI=1S/C21H24N2O3/c1-4-26-19-8-6-5-7-18(19)23-13-16(12-20(23)24)21(25)22-17-10-9-14(2)15(3)11-17/h5-11,16H,4,12-13H2,1-3H3,(H,22,25). The number of ether oxygens (including phenoxy) is 1. The van der Waals surface area contributed by atoms with Gasteiger partial charge in [-0.2, -0.15) is 0 Å². The van der Waals surface area contributed by atoms with Crippen LogP contribution in [-0.4, -0.2) is 25.0 Å². The number of rotatable bonds is 5. The summed E-state index contributed by atoms with van der Waals surface area (Å²) in [6.45, 7) is 6.83. The monoisotopic (exact) mass is 352 g/mol. The van der Waals surface area contributed by atoms with E-state index in [2.05, 4.69) is 5.32 Å². The van der Waals surface area contributed by atoms with Crippen molar-refractivity contribution in [3.63, 3.8) is 0 Å². The third-order valence-electron chi connectivity index (χ3n) is 4.73. The van der Waals surface area contributed by atoms with E-state index in [1.807, 2.05) is 63.2 Å². The van der Waals surface area contributed by atoms with Crippen LogP contribution in [0.25, 0.3) is 0 Å². The second kappa shape index (κ2) is 7.60. The number of hydrogen-bond donors (Lipinski definition) is 1. The van der Waals surface area contributed by atoms with Gasteiger partial charge in [-0.1, -0.05) is 18.2 Å². The van der Waals surface area contributed by atoms with Crippen molar-refractivity contribution in [1.29, 1.82) is 0 Å². The molecule has 0 aliphatic carbocycles. The molecule has 1 fully saturated rings. The minimum atomic E-state index is -0.376. The molecule has 0 bridgehead atoms. The van der Waals surface area contributed by atoms with Crippen molar-refractivity contribution in [1.82, 2.24) is 0 Å². The molecule has 1 aliphatic heterocycles. The average molecular weight is 352 g/mol. The Kier molecular flexibility index (Phi) is 5.26. The van der Waals surface area contributed by atoms with Gasteiger partial charge in [-0.25, -0.2) is 0 Å². The molecular weight excluding hydrogens is 328 g/mol. The molecular formula is C21H24N2O3. The Hall–Kier alpha value is -2.82. The molecule has 0 saturated carbocycles. The van der Waals surface area contributed by atoms with Crippen LogP contribution in [0.15, 0.2) is 42.5 Å². The van der Waals surface area contributed by atoms with Gasteiger partial charge in [0, 0.05) is 18.7 Å². The van der Waals surface area contributed by atoms with Crippen molar-refractivity contribution >= 4 is 23.2 Å². The third kappa shape index (κ3) is 3.72. The first kappa shape index (κ1) is 18.0. The summed E-state index contributed by atoms with van der Waals surface area (Å²) in [5, 5.41) is 2.94. The molecule has 26 heavy (non-hydrogen) atoms. The van der Waals surface area contributed by atoms with Gasteiger partial charge in [-0.05, 0) is 56.2 Å². The number of amides is 2. The zero-order valence-corrected chi connectivity index (χ0v) is 15.4. The summed E-state index contributed by atoms with van der Waals surface area (Å²) in [6.07, 6.45) is 0.205. The molecule has 2 aromatic rings. The maximum absolute atomic E-state index is 12.6. The molecule has 0 spiro atoms. The fourth-order valence-corrected chi connectivity index (χ4v) is 3.14. The van der Waals surface area contributed by atoms with Gasteiger partial charge in [-0.3, -0.25) is 9.59 Å². The highest BCUT2D eigenvalue weighted by Crippen LogP contribution is 2.33. The highest BCUT2D eigenvalue weighted by atomic mass is 16.5. The lowest BCUT2D eigenvalue weighted by Gasteiger charge is -2.20. The maximum Gasteiger partial charge on any atom is 0.229 e. The molecule has 1 atom stereocenters. The zero-order valence-electron chi connectivity index (χ0n) is 15.4. The van der Waals surface area contributed by atoms with Gasteiger partial charge in [0.1, 0.15) is 5.75 Å². The number of para-hydroxylation sites is 2. The zero-order chi connectivity index (χ0) is 18.7. The summed E-state index contributed by atoms with van der Waals surface area (Å²) >= 11 is 0. The van der Waals surface area contributed by atoms with E-state index in [1.165, 1.54) is 5.56 Å². The lowest BCUT2D eigenvalue weighted by atomic mass is 10.1. The summed E-state index contributed by atoms with van der Waals surface area (Å²) in [5.41, 5.74) is 3.79. The molecule has 2 amide bonds. The van der Waals surface area contributed by atoms with Crippen molar-refractivity contribution in [3.05, 3.63) is 53.6 Å². The summed E-state index contributed by atoms with van der Waals surface area (Å²) in [6, 6.07) is 13.3. The molecule has 136 valence electrons. The Bertz CT molecular complexity index is 832. The van der Waals surface area contributed by atoms with Crippen LogP contribution in [0, 0.1) is 19.8 Å². The van der Waals surface area contributed by atoms with E-state index < -0.39 is 0 Å². The van der Waals surface area contributed by atoms with Gasteiger partial charge < -0.3 is 15.0 Å². The summed E-state index contributed by atoms with van der Waals surface area (Å²) in [4.78, 5) is 26.8. The van der Waals surface area contributed by atoms with Gasteiger partial charge in [-0.15, -0.1) is 0 Å². The largest absolute Gasteiger partial charge is 0.492 e. The molecule has 1 N–H and O–H groups in total. The van der Waals surface area contributed by atoms with Crippen LogP contribution in [0.1, 0.15) is 24.5 Å². The van der Waals surface area contributed by atoms with Crippen molar-refractivity contribution in [3.8, 4) is 5.75 Å². The molecule has 0 aromatic heterocycles. The summed E-state index contributed by atoms with van der Waals surface area (Å²) in [5.74, 6) is 0.104. The number of aryl methyl sites for hydroxylation is 2. The normalized spacial score (nSPS) is 16.7. The Labute approximate surface area is 154 Å². The molecule has 5 heteroatoms. The lowest BCUT2D eigenvalue weighted by molar-refractivity contribution is -0.122. The molecule has 1 aliphatic rings. The van der Waals surface area contributed by atoms with Crippen molar-refractivity contribution < 1.29 is 14.3 Å².